The SMILES string of the molecule is FC(F)(I)Oc1ccc(-c2ccc3cnc(C(F)(P)P)n3c2)cc1. The summed E-state index contributed by atoms with van der Waals surface area (Å²) in [6.45, 7) is 0. The van der Waals surface area contributed by atoms with Crippen LogP contribution in [-0.4, -0.2) is 13.5 Å². The Balaban J connectivity index is 1.97. The molecular formula is C15H12F3IN2OP2. The van der Waals surface area contributed by atoms with E-state index in [-0.39, 0.29) is 11.6 Å². The molecule has 0 radical (unpaired) electrons. The van der Waals surface area contributed by atoms with E-state index in [1.807, 2.05) is 12.1 Å². The van der Waals surface area contributed by atoms with Crippen LogP contribution in [0.1, 0.15) is 5.82 Å². The number of rotatable bonds is 4. The summed E-state index contributed by atoms with van der Waals surface area (Å²) >= 11 is 0.915. The molecule has 0 amide bonds. The van der Waals surface area contributed by atoms with Gasteiger partial charge in [0.25, 0.3) is 0 Å². The predicted molar refractivity (Wildman–Crippen MR) is 102 cm³/mol. The third-order valence-electron chi connectivity index (χ3n) is 3.29. The van der Waals surface area contributed by atoms with Crippen molar-refractivity contribution in [2.75, 3.05) is 0 Å². The first-order valence-electron chi connectivity index (χ1n) is 6.74. The van der Waals surface area contributed by atoms with Crippen LogP contribution in [0.15, 0.2) is 48.8 Å². The topological polar surface area (TPSA) is 26.5 Å². The highest BCUT2D eigenvalue weighted by atomic mass is 127. The van der Waals surface area contributed by atoms with Gasteiger partial charge in [-0.25, -0.2) is 9.37 Å². The monoisotopic (exact) mass is 482 g/mol. The molecule has 1 aromatic carbocycles. The lowest BCUT2D eigenvalue weighted by Crippen LogP contribution is -2.14. The number of hydrogen-bond acceptors (Lipinski definition) is 2. The molecule has 0 aliphatic carbocycles. The minimum Gasteiger partial charge on any atom is -0.425 e. The first-order chi connectivity index (χ1) is 11.1. The molecule has 3 rings (SSSR count). The van der Waals surface area contributed by atoms with Crippen LogP contribution >= 0.6 is 41.1 Å². The van der Waals surface area contributed by atoms with E-state index in [9.17, 15) is 13.2 Å². The van der Waals surface area contributed by atoms with Crippen molar-refractivity contribution in [1.82, 2.24) is 9.38 Å². The molecule has 126 valence electrons. The zero-order valence-corrected chi connectivity index (χ0v) is 16.6. The average Bonchev–Trinajstić information content (AvgIpc) is 2.89. The van der Waals surface area contributed by atoms with Gasteiger partial charge in [-0.15, -0.1) is 0 Å². The molecule has 0 bridgehead atoms. The van der Waals surface area contributed by atoms with Gasteiger partial charge in [-0.2, -0.15) is 8.78 Å². The summed E-state index contributed by atoms with van der Waals surface area (Å²) in [7, 11) is 4.17. The third kappa shape index (κ3) is 4.01. The van der Waals surface area contributed by atoms with Gasteiger partial charge < -0.3 is 4.74 Å². The van der Waals surface area contributed by atoms with Crippen molar-refractivity contribution in [3.8, 4) is 16.9 Å². The van der Waals surface area contributed by atoms with Gasteiger partial charge in [0.1, 0.15) is 5.75 Å². The van der Waals surface area contributed by atoms with Crippen LogP contribution in [0.3, 0.4) is 0 Å². The molecule has 0 aliphatic heterocycles. The number of halogens is 4. The molecule has 2 atom stereocenters. The van der Waals surface area contributed by atoms with Crippen molar-refractivity contribution in [2.24, 2.45) is 0 Å². The Bertz CT molecular complexity index is 873. The number of benzene rings is 1. The van der Waals surface area contributed by atoms with Crippen LogP contribution in [0, 0.1) is 0 Å². The summed E-state index contributed by atoms with van der Waals surface area (Å²) in [5, 5.41) is -1.74. The van der Waals surface area contributed by atoms with Crippen LogP contribution in [0.25, 0.3) is 16.6 Å². The minimum absolute atomic E-state index is 0.0697. The Morgan fingerprint density at radius 3 is 2.21 bits per heavy atom. The molecule has 0 fully saturated rings. The van der Waals surface area contributed by atoms with E-state index in [0.717, 1.165) is 39.2 Å². The van der Waals surface area contributed by atoms with E-state index < -0.39 is 9.27 Å². The summed E-state index contributed by atoms with van der Waals surface area (Å²) in [5.74, 6) is 0.305. The second kappa shape index (κ2) is 6.43. The van der Waals surface area contributed by atoms with Crippen LogP contribution in [0.5, 0.6) is 5.75 Å². The van der Waals surface area contributed by atoms with E-state index in [2.05, 4.69) is 28.2 Å². The number of pyridine rings is 1. The molecule has 0 N–H and O–H groups in total. The summed E-state index contributed by atoms with van der Waals surface area (Å²) < 4.78 is 42.8. The molecule has 0 saturated heterocycles. The predicted octanol–water partition coefficient (Wildman–Crippen LogP) is 5.20. The Kier molecular flexibility index (Phi) is 4.80. The van der Waals surface area contributed by atoms with E-state index in [1.165, 1.54) is 12.1 Å². The molecule has 24 heavy (non-hydrogen) atoms. The summed E-state index contributed by atoms with van der Waals surface area (Å²) in [6.07, 6.45) is 3.34. The lowest BCUT2D eigenvalue weighted by Gasteiger charge is -2.14. The molecule has 9 heteroatoms. The van der Waals surface area contributed by atoms with Crippen molar-refractivity contribution >= 4 is 46.6 Å². The van der Waals surface area contributed by atoms with E-state index in [1.54, 1.807) is 28.9 Å². The fourth-order valence-corrected chi connectivity index (χ4v) is 2.98. The largest absolute Gasteiger partial charge is 0.451 e. The number of fused-ring (bicyclic) bond motifs is 1. The molecule has 3 nitrogen and oxygen atoms in total. The zero-order valence-electron chi connectivity index (χ0n) is 12.1. The van der Waals surface area contributed by atoms with Crippen LogP contribution in [0.2, 0.25) is 0 Å². The lowest BCUT2D eigenvalue weighted by atomic mass is 10.1. The number of imidazole rings is 1. The first kappa shape index (κ1) is 17.9. The van der Waals surface area contributed by atoms with Crippen LogP contribution in [0.4, 0.5) is 13.2 Å². The van der Waals surface area contributed by atoms with Gasteiger partial charge in [0.15, 0.2) is 11.0 Å². The van der Waals surface area contributed by atoms with Crippen molar-refractivity contribution in [2.45, 2.75) is 9.27 Å². The van der Waals surface area contributed by atoms with Gasteiger partial charge in [-0.05, 0) is 29.3 Å². The highest BCUT2D eigenvalue weighted by Gasteiger charge is 2.26. The maximum Gasteiger partial charge on any atom is 0.451 e. The Morgan fingerprint density at radius 1 is 1.00 bits per heavy atom. The fraction of sp³-hybridized carbons (Fsp3) is 0.133. The second-order valence-electron chi connectivity index (χ2n) is 5.13. The molecule has 2 aromatic heterocycles. The standard InChI is InChI=1S/C15H12F3IN2OP2/c16-14(23,24)13-20-7-11-4-1-10(8-21(11)13)9-2-5-12(6-3-9)22-15(17,18)19/h1-8H,23-24H2. The van der Waals surface area contributed by atoms with Crippen molar-refractivity contribution in [3.63, 3.8) is 0 Å². The second-order valence-corrected chi connectivity index (χ2v) is 8.74. The third-order valence-corrected chi connectivity index (χ3v) is 4.03. The molecule has 3 aromatic rings. The van der Waals surface area contributed by atoms with Crippen molar-refractivity contribution < 1.29 is 17.9 Å². The Hall–Kier alpha value is -0.910. The maximum absolute atomic E-state index is 14.2. The molecule has 2 unspecified atom stereocenters. The summed E-state index contributed by atoms with van der Waals surface area (Å²) in [4.78, 5) is 4.10. The fourth-order valence-electron chi connectivity index (χ4n) is 2.29. The molecule has 0 aliphatic rings. The Labute approximate surface area is 154 Å². The van der Waals surface area contributed by atoms with Gasteiger partial charge in [0.2, 0.25) is 0 Å². The zero-order chi connectivity index (χ0) is 17.5. The normalized spacial score (nSPS) is 12.6. The number of ether oxygens (including phenoxy) is 1. The number of hydrogen-bond donors (Lipinski definition) is 0. The van der Waals surface area contributed by atoms with Gasteiger partial charge >= 0.3 is 4.12 Å². The molecule has 0 saturated carbocycles. The van der Waals surface area contributed by atoms with Crippen LogP contribution in [-0.2, 0) is 5.15 Å². The highest BCUT2D eigenvalue weighted by Crippen LogP contribution is 2.39. The van der Waals surface area contributed by atoms with Crippen molar-refractivity contribution in [1.29, 1.82) is 0 Å². The molecular weight excluding hydrogens is 470 g/mol. The number of aromatic nitrogens is 2. The van der Waals surface area contributed by atoms with E-state index >= 15 is 0 Å². The van der Waals surface area contributed by atoms with Gasteiger partial charge in [-0.3, -0.25) is 4.40 Å². The van der Waals surface area contributed by atoms with Gasteiger partial charge in [-0.1, -0.05) is 36.7 Å². The maximum atomic E-state index is 14.2. The Morgan fingerprint density at radius 2 is 1.62 bits per heavy atom. The van der Waals surface area contributed by atoms with Gasteiger partial charge in [0, 0.05) is 6.20 Å². The number of nitrogens with zero attached hydrogens (tertiary/aromatic N) is 2. The van der Waals surface area contributed by atoms with E-state index in [0.29, 0.717) is 0 Å². The summed E-state index contributed by atoms with van der Waals surface area (Å²) in [6, 6.07) is 9.93. The van der Waals surface area contributed by atoms with Crippen LogP contribution < -0.4 is 4.74 Å². The highest BCUT2D eigenvalue weighted by molar-refractivity contribution is 14.1. The lowest BCUT2D eigenvalue weighted by molar-refractivity contribution is -0.0691. The first-order valence-corrected chi connectivity index (χ1v) is 8.97. The number of alkyl halides is 4. The smallest absolute Gasteiger partial charge is 0.425 e. The molecule has 0 spiro atoms. The summed E-state index contributed by atoms with van der Waals surface area (Å²) in [5.41, 5.74) is 2.34. The van der Waals surface area contributed by atoms with Gasteiger partial charge in [0.05, 0.1) is 34.3 Å². The average molecular weight is 482 g/mol. The quantitative estimate of drug-likeness (QED) is 0.291. The molecule has 2 heterocycles. The minimum atomic E-state index is -3.26. The van der Waals surface area contributed by atoms with Crippen molar-refractivity contribution in [3.05, 3.63) is 54.6 Å². The van der Waals surface area contributed by atoms with E-state index in [4.69, 9.17) is 0 Å².